The lowest BCUT2D eigenvalue weighted by atomic mass is 9.66. The van der Waals surface area contributed by atoms with E-state index in [4.69, 9.17) is 44.4 Å². The largest absolute Gasteiger partial charge is 0.478 e. The Bertz CT molecular complexity index is 1570. The van der Waals surface area contributed by atoms with Crippen LogP contribution < -0.4 is 0 Å². The van der Waals surface area contributed by atoms with Crippen LogP contribution in [0.15, 0.2) is 47.1 Å². The maximum atomic E-state index is 14.3. The molecule has 1 fully saturated rings. The lowest BCUT2D eigenvalue weighted by molar-refractivity contribution is -0.131. The Hall–Kier alpha value is -3.10. The summed E-state index contributed by atoms with van der Waals surface area (Å²) in [6.45, 7) is 1.63. The normalized spacial score (nSPS) is 14.8. The molecule has 2 heterocycles. The van der Waals surface area contributed by atoms with Gasteiger partial charge >= 0.3 is 5.97 Å². The molecule has 0 saturated heterocycles. The van der Waals surface area contributed by atoms with E-state index in [2.05, 4.69) is 5.16 Å². The van der Waals surface area contributed by atoms with Gasteiger partial charge in [0.1, 0.15) is 11.3 Å². The molecule has 1 saturated carbocycles. The number of carboxylic acids is 1. The smallest absolute Gasteiger partial charge is 0.328 e. The fourth-order valence-electron chi connectivity index (χ4n) is 4.95. The molecule has 0 atom stereocenters. The zero-order valence-corrected chi connectivity index (χ0v) is 21.9. The van der Waals surface area contributed by atoms with Crippen molar-refractivity contribution in [2.45, 2.75) is 31.6 Å². The second kappa shape index (κ2) is 9.65. The number of aliphatic hydroxyl groups is 1. The van der Waals surface area contributed by atoms with Crippen LogP contribution in [0.1, 0.15) is 46.5 Å². The van der Waals surface area contributed by atoms with E-state index in [-0.39, 0.29) is 33.7 Å². The molecule has 0 bridgehead atoms. The highest BCUT2D eigenvalue weighted by Crippen LogP contribution is 2.48. The molecule has 1 aliphatic carbocycles. The number of nitrogens with zero attached hydrogens (tertiary/aromatic N) is 2. The van der Waals surface area contributed by atoms with Gasteiger partial charge in [-0.15, -0.1) is 0 Å². The molecule has 37 heavy (non-hydrogen) atoms. The molecule has 0 unspecified atom stereocenters. The highest BCUT2D eigenvalue weighted by atomic mass is 35.5. The molecule has 0 aliphatic heterocycles. The van der Waals surface area contributed by atoms with Gasteiger partial charge in [0, 0.05) is 28.2 Å². The van der Waals surface area contributed by atoms with Crippen LogP contribution in [-0.2, 0) is 10.2 Å². The minimum absolute atomic E-state index is 0.156. The van der Waals surface area contributed by atoms with E-state index in [1.165, 1.54) is 22.8 Å². The van der Waals surface area contributed by atoms with Crippen molar-refractivity contribution in [3.8, 4) is 11.3 Å². The van der Waals surface area contributed by atoms with Crippen molar-refractivity contribution in [1.29, 1.82) is 0 Å². The summed E-state index contributed by atoms with van der Waals surface area (Å²) in [4.78, 5) is 25.4. The Labute approximate surface area is 226 Å². The first-order valence-electron chi connectivity index (χ1n) is 11.5. The number of aliphatic hydroxyl groups excluding tert-OH is 1. The van der Waals surface area contributed by atoms with Gasteiger partial charge in [-0.2, -0.15) is 0 Å². The molecule has 0 radical (unpaired) electrons. The number of halogens is 3. The number of carbonyl (C=O) groups is 2. The SMILES string of the molecule is Cc1cn(C(=O)c2c(-c3c(Cl)cc(Cl)cc3Cl)noc2C2(CO)CCC2)c2cccc(/C=C/C(=O)O)c12. The molecule has 4 aromatic rings. The molecule has 2 N–H and O–H groups in total. The van der Waals surface area contributed by atoms with Gasteiger partial charge < -0.3 is 14.7 Å². The standard InChI is InChI=1S/C27H21Cl3N2O5/c1-14-12-32(19-5-2-4-15(21(14)19)6-7-20(34)35)26(36)23-24(22-17(29)10-16(28)11-18(22)30)31-37-25(23)27(13-33)8-3-9-27/h2,4-7,10-12,33H,3,8-9,13H2,1H3,(H,34,35)/b7-6+. The molecule has 0 spiro atoms. The van der Waals surface area contributed by atoms with Crippen molar-refractivity contribution in [2.75, 3.05) is 6.61 Å². The summed E-state index contributed by atoms with van der Waals surface area (Å²) in [7, 11) is 0. The van der Waals surface area contributed by atoms with Gasteiger partial charge in [-0.05, 0) is 55.2 Å². The van der Waals surface area contributed by atoms with Gasteiger partial charge in [-0.1, -0.05) is 58.5 Å². The Balaban J connectivity index is 1.75. The van der Waals surface area contributed by atoms with E-state index in [9.17, 15) is 14.7 Å². The number of benzene rings is 2. The van der Waals surface area contributed by atoms with Gasteiger partial charge in [0.2, 0.25) is 0 Å². The summed E-state index contributed by atoms with van der Waals surface area (Å²) < 4.78 is 7.24. The van der Waals surface area contributed by atoms with E-state index < -0.39 is 17.3 Å². The predicted octanol–water partition coefficient (Wildman–Crippen LogP) is 6.77. The first kappa shape index (κ1) is 25.5. The third kappa shape index (κ3) is 4.26. The van der Waals surface area contributed by atoms with Crippen molar-refractivity contribution in [2.24, 2.45) is 0 Å². The van der Waals surface area contributed by atoms with Crippen LogP contribution in [0.5, 0.6) is 0 Å². The maximum Gasteiger partial charge on any atom is 0.328 e. The Kier molecular flexibility index (Phi) is 6.66. The first-order chi connectivity index (χ1) is 17.7. The highest BCUT2D eigenvalue weighted by Gasteiger charge is 2.46. The molecule has 2 aromatic heterocycles. The molecular weight excluding hydrogens is 539 g/mol. The van der Waals surface area contributed by atoms with E-state index >= 15 is 0 Å². The van der Waals surface area contributed by atoms with Gasteiger partial charge in [-0.25, -0.2) is 4.79 Å². The van der Waals surface area contributed by atoms with Crippen molar-refractivity contribution in [3.63, 3.8) is 0 Å². The second-order valence-electron chi connectivity index (χ2n) is 9.17. The molecule has 0 amide bonds. The van der Waals surface area contributed by atoms with Gasteiger partial charge in [0.25, 0.3) is 5.91 Å². The summed E-state index contributed by atoms with van der Waals surface area (Å²) >= 11 is 19.1. The van der Waals surface area contributed by atoms with Crippen LogP contribution in [0, 0.1) is 6.92 Å². The molecule has 7 nitrogen and oxygen atoms in total. The molecule has 2 aromatic carbocycles. The van der Waals surface area contributed by atoms with Crippen molar-refractivity contribution < 1.29 is 24.3 Å². The van der Waals surface area contributed by atoms with Gasteiger partial charge in [0.15, 0.2) is 5.76 Å². The monoisotopic (exact) mass is 558 g/mol. The van der Waals surface area contributed by atoms with Crippen molar-refractivity contribution in [3.05, 3.63) is 80.1 Å². The topological polar surface area (TPSA) is 106 Å². The number of hydrogen-bond donors (Lipinski definition) is 2. The van der Waals surface area contributed by atoms with Crippen LogP contribution in [0.4, 0.5) is 0 Å². The van der Waals surface area contributed by atoms with E-state index in [0.717, 1.165) is 23.4 Å². The third-order valence-corrected chi connectivity index (χ3v) is 7.73. The van der Waals surface area contributed by atoms with Crippen molar-refractivity contribution >= 4 is 63.7 Å². The summed E-state index contributed by atoms with van der Waals surface area (Å²) in [5.41, 5.74) is 1.89. The van der Waals surface area contributed by atoms with Crippen LogP contribution in [-0.4, -0.2) is 38.4 Å². The third-order valence-electron chi connectivity index (χ3n) is 6.92. The number of rotatable bonds is 6. The van der Waals surface area contributed by atoms with Crippen LogP contribution in [0.2, 0.25) is 15.1 Å². The van der Waals surface area contributed by atoms with Crippen LogP contribution >= 0.6 is 34.8 Å². The number of aryl methyl sites for hydroxylation is 1. The van der Waals surface area contributed by atoms with E-state index in [1.807, 2.05) is 6.92 Å². The maximum absolute atomic E-state index is 14.3. The van der Waals surface area contributed by atoms with Gasteiger partial charge in [0.05, 0.1) is 27.6 Å². The zero-order chi connectivity index (χ0) is 26.5. The minimum Gasteiger partial charge on any atom is -0.478 e. The molecule has 190 valence electrons. The summed E-state index contributed by atoms with van der Waals surface area (Å²) in [5.74, 6) is -1.23. The molecule has 1 aliphatic rings. The van der Waals surface area contributed by atoms with Crippen LogP contribution in [0.25, 0.3) is 28.2 Å². The summed E-state index contributed by atoms with van der Waals surface area (Å²) in [6, 6.07) is 8.32. The number of fused-ring (bicyclic) bond motifs is 1. The number of aromatic nitrogens is 2. The number of hydrogen-bond acceptors (Lipinski definition) is 5. The fourth-order valence-corrected chi connectivity index (χ4v) is 5.95. The number of carbonyl (C=O) groups excluding carboxylic acids is 1. The van der Waals surface area contributed by atoms with E-state index in [0.29, 0.717) is 34.5 Å². The fraction of sp³-hybridized carbons (Fsp3) is 0.222. The lowest BCUT2D eigenvalue weighted by Crippen LogP contribution is -2.39. The average molecular weight is 560 g/mol. The second-order valence-corrected chi connectivity index (χ2v) is 10.4. The molecule has 10 heteroatoms. The average Bonchev–Trinajstić information content (AvgIpc) is 3.39. The quantitative estimate of drug-likeness (QED) is 0.253. The Morgan fingerprint density at radius 3 is 2.49 bits per heavy atom. The predicted molar refractivity (Wildman–Crippen MR) is 143 cm³/mol. The highest BCUT2D eigenvalue weighted by molar-refractivity contribution is 6.42. The summed E-state index contributed by atoms with van der Waals surface area (Å²) in [5, 5.41) is 25.0. The minimum atomic E-state index is -1.07. The zero-order valence-electron chi connectivity index (χ0n) is 19.6. The Morgan fingerprint density at radius 1 is 1.19 bits per heavy atom. The Morgan fingerprint density at radius 2 is 1.89 bits per heavy atom. The van der Waals surface area contributed by atoms with Gasteiger partial charge in [-0.3, -0.25) is 9.36 Å². The molecule has 5 rings (SSSR count). The van der Waals surface area contributed by atoms with E-state index in [1.54, 1.807) is 24.4 Å². The first-order valence-corrected chi connectivity index (χ1v) is 12.6. The van der Waals surface area contributed by atoms with Crippen molar-refractivity contribution in [1.82, 2.24) is 9.72 Å². The summed E-state index contributed by atoms with van der Waals surface area (Å²) in [6.07, 6.45) is 6.37. The number of carboxylic acid groups (broad SMARTS) is 1. The lowest BCUT2D eigenvalue weighted by Gasteiger charge is -2.38. The number of aliphatic carboxylic acids is 1. The van der Waals surface area contributed by atoms with Crippen LogP contribution in [0.3, 0.4) is 0 Å². The molecular formula is C27H21Cl3N2O5.